The summed E-state index contributed by atoms with van der Waals surface area (Å²) in [7, 11) is 3.02. The topological polar surface area (TPSA) is 97.0 Å². The number of methoxy groups -OCH3 is 2. The molecule has 8 heteroatoms. The summed E-state index contributed by atoms with van der Waals surface area (Å²) in [6.07, 6.45) is 1.28. The van der Waals surface area contributed by atoms with Gasteiger partial charge in [0.2, 0.25) is 5.91 Å². The molecule has 164 valence electrons. The van der Waals surface area contributed by atoms with Gasteiger partial charge in [-0.2, -0.15) is 0 Å². The number of carbonyl (C=O) groups is 3. The molecule has 2 N–H and O–H groups in total. The minimum absolute atomic E-state index is 0.0584. The Morgan fingerprint density at radius 2 is 1.58 bits per heavy atom. The number of nitrogens with zero attached hydrogens (tertiary/aromatic N) is 1. The fourth-order valence-electron chi connectivity index (χ4n) is 3.68. The number of ether oxygens (including phenoxy) is 2. The van der Waals surface area contributed by atoms with Crippen LogP contribution in [0.3, 0.4) is 0 Å². The maximum atomic E-state index is 12.8. The Bertz CT molecular complexity index is 945. The van der Waals surface area contributed by atoms with Crippen LogP contribution >= 0.6 is 0 Å². The van der Waals surface area contributed by atoms with E-state index in [1.54, 1.807) is 47.4 Å². The Morgan fingerprint density at radius 3 is 2.16 bits per heavy atom. The van der Waals surface area contributed by atoms with Gasteiger partial charge >= 0.3 is 0 Å². The van der Waals surface area contributed by atoms with Gasteiger partial charge < -0.3 is 25.0 Å². The first-order chi connectivity index (χ1) is 14.9. The lowest BCUT2D eigenvalue weighted by Gasteiger charge is -2.32. The number of benzene rings is 2. The summed E-state index contributed by atoms with van der Waals surface area (Å²) in [4.78, 5) is 38.7. The summed E-state index contributed by atoms with van der Waals surface area (Å²) in [5.74, 6) is 0.352. The number of piperidine rings is 1. The SMILES string of the molecule is COc1cccc(OC)c1C(=O)NC1CCN(C(=O)c2cccc(NC(C)=O)c2)CC1. The molecule has 2 aromatic rings. The normalized spacial score (nSPS) is 14.0. The third kappa shape index (κ3) is 5.33. The number of nitrogens with one attached hydrogen (secondary N) is 2. The van der Waals surface area contributed by atoms with Crippen LogP contribution in [0.1, 0.15) is 40.5 Å². The summed E-state index contributed by atoms with van der Waals surface area (Å²) < 4.78 is 10.6. The van der Waals surface area contributed by atoms with E-state index in [1.165, 1.54) is 21.1 Å². The number of hydrogen-bond acceptors (Lipinski definition) is 5. The number of carbonyl (C=O) groups excluding carboxylic acids is 3. The van der Waals surface area contributed by atoms with Crippen molar-refractivity contribution in [1.29, 1.82) is 0 Å². The molecule has 1 fully saturated rings. The van der Waals surface area contributed by atoms with Crippen molar-refractivity contribution < 1.29 is 23.9 Å². The van der Waals surface area contributed by atoms with Gasteiger partial charge in [-0.1, -0.05) is 12.1 Å². The number of likely N-dealkylation sites (tertiary alicyclic amines) is 1. The molecule has 3 rings (SSSR count). The van der Waals surface area contributed by atoms with Crippen molar-refractivity contribution in [3.63, 3.8) is 0 Å². The minimum Gasteiger partial charge on any atom is -0.496 e. The summed E-state index contributed by atoms with van der Waals surface area (Å²) in [6.45, 7) is 2.47. The van der Waals surface area contributed by atoms with E-state index in [-0.39, 0.29) is 23.8 Å². The van der Waals surface area contributed by atoms with Crippen molar-refractivity contribution in [2.24, 2.45) is 0 Å². The lowest BCUT2D eigenvalue weighted by atomic mass is 10.0. The molecular weight excluding hydrogens is 398 g/mol. The first kappa shape index (κ1) is 22.1. The van der Waals surface area contributed by atoms with Gasteiger partial charge in [0, 0.05) is 37.3 Å². The van der Waals surface area contributed by atoms with E-state index in [1.807, 2.05) is 0 Å². The highest BCUT2D eigenvalue weighted by atomic mass is 16.5. The Balaban J connectivity index is 1.61. The molecule has 31 heavy (non-hydrogen) atoms. The summed E-state index contributed by atoms with van der Waals surface area (Å²) in [5.41, 5.74) is 1.47. The van der Waals surface area contributed by atoms with E-state index >= 15 is 0 Å². The second-order valence-electron chi connectivity index (χ2n) is 7.34. The van der Waals surface area contributed by atoms with Crippen LogP contribution in [0.15, 0.2) is 42.5 Å². The Morgan fingerprint density at radius 1 is 0.968 bits per heavy atom. The zero-order valence-electron chi connectivity index (χ0n) is 17.9. The van der Waals surface area contributed by atoms with Gasteiger partial charge in [0.05, 0.1) is 14.2 Å². The van der Waals surface area contributed by atoms with Gasteiger partial charge in [0.25, 0.3) is 11.8 Å². The highest BCUT2D eigenvalue weighted by Crippen LogP contribution is 2.28. The molecule has 1 aliphatic rings. The molecule has 0 atom stereocenters. The highest BCUT2D eigenvalue weighted by Gasteiger charge is 2.27. The van der Waals surface area contributed by atoms with Crippen LogP contribution < -0.4 is 20.1 Å². The van der Waals surface area contributed by atoms with Gasteiger partial charge in [-0.15, -0.1) is 0 Å². The average Bonchev–Trinajstić information content (AvgIpc) is 2.78. The van der Waals surface area contributed by atoms with Crippen LogP contribution in [-0.2, 0) is 4.79 Å². The molecule has 1 saturated heterocycles. The van der Waals surface area contributed by atoms with E-state index in [4.69, 9.17) is 9.47 Å². The van der Waals surface area contributed by atoms with Crippen LogP contribution in [0.2, 0.25) is 0 Å². The number of hydrogen-bond donors (Lipinski definition) is 2. The van der Waals surface area contributed by atoms with Gasteiger partial charge in [-0.25, -0.2) is 0 Å². The second-order valence-corrected chi connectivity index (χ2v) is 7.34. The van der Waals surface area contributed by atoms with Crippen molar-refractivity contribution in [3.8, 4) is 11.5 Å². The monoisotopic (exact) mass is 425 g/mol. The van der Waals surface area contributed by atoms with Crippen LogP contribution in [0.25, 0.3) is 0 Å². The molecule has 3 amide bonds. The Kier molecular flexibility index (Phi) is 7.12. The Labute approximate surface area is 181 Å². The summed E-state index contributed by atoms with van der Waals surface area (Å²) in [6, 6.07) is 12.0. The smallest absolute Gasteiger partial charge is 0.259 e. The summed E-state index contributed by atoms with van der Waals surface area (Å²) >= 11 is 0. The Hall–Kier alpha value is -3.55. The molecule has 0 radical (unpaired) electrons. The quantitative estimate of drug-likeness (QED) is 0.742. The van der Waals surface area contributed by atoms with Gasteiger partial charge in [0.1, 0.15) is 17.1 Å². The van der Waals surface area contributed by atoms with E-state index in [2.05, 4.69) is 10.6 Å². The number of anilines is 1. The maximum absolute atomic E-state index is 12.8. The van der Waals surface area contributed by atoms with Gasteiger partial charge in [-0.3, -0.25) is 14.4 Å². The lowest BCUT2D eigenvalue weighted by Crippen LogP contribution is -2.46. The highest BCUT2D eigenvalue weighted by molar-refractivity contribution is 6.00. The molecule has 0 bridgehead atoms. The van der Waals surface area contributed by atoms with E-state index in [0.717, 1.165) is 0 Å². The molecule has 0 spiro atoms. The number of rotatable bonds is 6. The average molecular weight is 425 g/mol. The largest absolute Gasteiger partial charge is 0.496 e. The molecule has 0 aromatic heterocycles. The fourth-order valence-corrected chi connectivity index (χ4v) is 3.68. The summed E-state index contributed by atoms with van der Waals surface area (Å²) in [5, 5.41) is 5.72. The molecule has 0 unspecified atom stereocenters. The molecule has 1 heterocycles. The fraction of sp³-hybridized carbons (Fsp3) is 0.348. The predicted molar refractivity (Wildman–Crippen MR) is 117 cm³/mol. The molecule has 0 saturated carbocycles. The number of amides is 3. The van der Waals surface area contributed by atoms with Crippen LogP contribution in [0, 0.1) is 0 Å². The van der Waals surface area contributed by atoms with Crippen LogP contribution in [-0.4, -0.2) is 56.0 Å². The third-order valence-corrected chi connectivity index (χ3v) is 5.20. The first-order valence-corrected chi connectivity index (χ1v) is 10.1. The second kappa shape index (κ2) is 9.97. The van der Waals surface area contributed by atoms with E-state index in [0.29, 0.717) is 54.2 Å². The van der Waals surface area contributed by atoms with E-state index < -0.39 is 0 Å². The zero-order valence-corrected chi connectivity index (χ0v) is 17.9. The van der Waals surface area contributed by atoms with Crippen molar-refractivity contribution >= 4 is 23.4 Å². The van der Waals surface area contributed by atoms with Crippen molar-refractivity contribution in [1.82, 2.24) is 10.2 Å². The minimum atomic E-state index is -0.262. The third-order valence-electron chi connectivity index (χ3n) is 5.20. The predicted octanol–water partition coefficient (Wildman–Crippen LogP) is 2.70. The van der Waals surface area contributed by atoms with Gasteiger partial charge in [-0.05, 0) is 43.2 Å². The molecular formula is C23H27N3O5. The van der Waals surface area contributed by atoms with Gasteiger partial charge in [0.15, 0.2) is 0 Å². The maximum Gasteiger partial charge on any atom is 0.259 e. The lowest BCUT2D eigenvalue weighted by molar-refractivity contribution is -0.114. The van der Waals surface area contributed by atoms with Crippen LogP contribution in [0.4, 0.5) is 5.69 Å². The zero-order chi connectivity index (χ0) is 22.4. The van der Waals surface area contributed by atoms with Crippen molar-refractivity contribution in [2.45, 2.75) is 25.8 Å². The van der Waals surface area contributed by atoms with E-state index in [9.17, 15) is 14.4 Å². The molecule has 8 nitrogen and oxygen atoms in total. The van der Waals surface area contributed by atoms with Crippen molar-refractivity contribution in [2.75, 3.05) is 32.6 Å². The molecule has 1 aliphatic heterocycles. The van der Waals surface area contributed by atoms with Crippen LogP contribution in [0.5, 0.6) is 11.5 Å². The first-order valence-electron chi connectivity index (χ1n) is 10.1. The van der Waals surface area contributed by atoms with Crippen molar-refractivity contribution in [3.05, 3.63) is 53.6 Å². The molecule has 2 aromatic carbocycles. The standard InChI is InChI=1S/C23H27N3O5/c1-15(27)24-18-7-4-6-16(14-18)23(29)26-12-10-17(11-13-26)25-22(28)21-19(30-2)8-5-9-20(21)31-3/h4-9,14,17H,10-13H2,1-3H3,(H,24,27)(H,25,28). The molecule has 0 aliphatic carbocycles.